The van der Waals surface area contributed by atoms with Crippen molar-refractivity contribution in [1.82, 2.24) is 5.32 Å². The smallest absolute Gasteiger partial charge is 0.319 e. The Hall–Kier alpha value is -3.93. The van der Waals surface area contributed by atoms with Crippen molar-refractivity contribution in [2.75, 3.05) is 10.2 Å². The van der Waals surface area contributed by atoms with E-state index in [9.17, 15) is 14.4 Å². The first-order valence-corrected chi connectivity index (χ1v) is 10.6. The third-order valence-corrected chi connectivity index (χ3v) is 5.58. The molecule has 6 nitrogen and oxygen atoms in total. The molecule has 0 spiro atoms. The lowest BCUT2D eigenvalue weighted by Gasteiger charge is -2.23. The first-order valence-electron chi connectivity index (χ1n) is 10.6. The molecule has 1 heterocycles. The second-order valence-corrected chi connectivity index (χ2v) is 8.00. The van der Waals surface area contributed by atoms with Crippen molar-refractivity contribution in [3.8, 4) is 0 Å². The van der Waals surface area contributed by atoms with Gasteiger partial charge in [0.25, 0.3) is 5.91 Å². The number of anilines is 2. The summed E-state index contributed by atoms with van der Waals surface area (Å²) in [5.74, 6) is -0.0823. The van der Waals surface area contributed by atoms with E-state index >= 15 is 0 Å². The number of ketones is 1. The van der Waals surface area contributed by atoms with E-state index in [1.165, 1.54) is 6.92 Å². The molecule has 3 amide bonds. The highest BCUT2D eigenvalue weighted by Gasteiger charge is 2.31. The summed E-state index contributed by atoms with van der Waals surface area (Å²) in [5, 5.41) is 5.58. The van der Waals surface area contributed by atoms with Crippen molar-refractivity contribution in [3.63, 3.8) is 0 Å². The molecule has 3 aromatic rings. The summed E-state index contributed by atoms with van der Waals surface area (Å²) in [5.41, 5.74) is 4.66. The molecule has 2 N–H and O–H groups in total. The van der Waals surface area contributed by atoms with Gasteiger partial charge >= 0.3 is 6.03 Å². The van der Waals surface area contributed by atoms with Crippen LogP contribution < -0.4 is 15.5 Å². The fourth-order valence-electron chi connectivity index (χ4n) is 3.97. The largest absolute Gasteiger partial charge is 0.334 e. The Kier molecular flexibility index (Phi) is 6.03. The third kappa shape index (κ3) is 4.54. The van der Waals surface area contributed by atoms with E-state index in [2.05, 4.69) is 10.6 Å². The van der Waals surface area contributed by atoms with Crippen LogP contribution in [0, 0.1) is 0 Å². The summed E-state index contributed by atoms with van der Waals surface area (Å²) in [6.45, 7) is 3.84. The van der Waals surface area contributed by atoms with Crippen LogP contribution in [0.25, 0.3) is 0 Å². The van der Waals surface area contributed by atoms with Gasteiger partial charge in [-0.1, -0.05) is 42.5 Å². The molecule has 1 aliphatic rings. The lowest BCUT2D eigenvalue weighted by atomic mass is 10.1. The standard InChI is InChI=1S/C26H25N3O3/c1-17-13-22-12-11-19(14-24(22)29(17)25(31)20-7-4-3-5-8-20)16-27-26(32)28-23-10-6-9-21(15-23)18(2)30/h3-12,14-15,17H,13,16H2,1-2H3,(H2,27,28,32). The minimum absolute atomic E-state index is 0.0231. The molecule has 162 valence electrons. The van der Waals surface area contributed by atoms with Gasteiger partial charge in [-0.15, -0.1) is 0 Å². The van der Waals surface area contributed by atoms with E-state index in [1.807, 2.05) is 60.4 Å². The molecule has 3 aromatic carbocycles. The monoisotopic (exact) mass is 427 g/mol. The van der Waals surface area contributed by atoms with Crippen LogP contribution in [0.3, 0.4) is 0 Å². The Labute approximate surface area is 187 Å². The van der Waals surface area contributed by atoms with E-state index in [0.29, 0.717) is 23.4 Å². The molecule has 0 fully saturated rings. The van der Waals surface area contributed by atoms with Gasteiger partial charge < -0.3 is 15.5 Å². The van der Waals surface area contributed by atoms with Gasteiger partial charge in [0, 0.05) is 35.1 Å². The summed E-state index contributed by atoms with van der Waals surface area (Å²) in [7, 11) is 0. The van der Waals surface area contributed by atoms with Gasteiger partial charge in [-0.25, -0.2) is 4.79 Å². The molecule has 0 saturated carbocycles. The summed E-state index contributed by atoms with van der Waals surface area (Å²) in [4.78, 5) is 38.8. The molecule has 1 aliphatic heterocycles. The maximum absolute atomic E-state index is 13.1. The number of nitrogens with zero attached hydrogens (tertiary/aromatic N) is 1. The molecule has 32 heavy (non-hydrogen) atoms. The van der Waals surface area contributed by atoms with Gasteiger partial charge in [-0.3, -0.25) is 9.59 Å². The van der Waals surface area contributed by atoms with Crippen molar-refractivity contribution in [2.45, 2.75) is 32.9 Å². The third-order valence-electron chi connectivity index (χ3n) is 5.58. The summed E-state index contributed by atoms with van der Waals surface area (Å²) in [6, 6.07) is 21.7. The van der Waals surface area contributed by atoms with Gasteiger partial charge in [0.2, 0.25) is 0 Å². The Bertz CT molecular complexity index is 1170. The number of benzene rings is 3. The highest BCUT2D eigenvalue weighted by Crippen LogP contribution is 2.34. The van der Waals surface area contributed by atoms with Crippen molar-refractivity contribution in [3.05, 3.63) is 95.1 Å². The van der Waals surface area contributed by atoms with E-state index in [-0.39, 0.29) is 23.8 Å². The molecule has 0 aliphatic carbocycles. The van der Waals surface area contributed by atoms with Crippen molar-refractivity contribution >= 4 is 29.1 Å². The average molecular weight is 428 g/mol. The topological polar surface area (TPSA) is 78.5 Å². The van der Waals surface area contributed by atoms with Crippen LogP contribution in [0.15, 0.2) is 72.8 Å². The molecular weight excluding hydrogens is 402 g/mol. The number of urea groups is 1. The molecule has 0 aromatic heterocycles. The van der Waals surface area contributed by atoms with Gasteiger partial charge in [0.05, 0.1) is 0 Å². The summed E-state index contributed by atoms with van der Waals surface area (Å²) >= 11 is 0. The van der Waals surface area contributed by atoms with Gasteiger partial charge in [0.1, 0.15) is 0 Å². The Morgan fingerprint density at radius 3 is 2.44 bits per heavy atom. The van der Waals surface area contributed by atoms with E-state index in [1.54, 1.807) is 24.3 Å². The number of carbonyl (C=O) groups excluding carboxylic acids is 3. The minimum Gasteiger partial charge on any atom is -0.334 e. The van der Waals surface area contributed by atoms with Crippen LogP contribution in [0.5, 0.6) is 0 Å². The lowest BCUT2D eigenvalue weighted by Crippen LogP contribution is -2.35. The SMILES string of the molecule is CC(=O)c1cccc(NC(=O)NCc2ccc3c(c2)N(C(=O)c2ccccc2)C(C)C3)c1. The first kappa shape index (κ1) is 21.3. The highest BCUT2D eigenvalue weighted by molar-refractivity contribution is 6.07. The minimum atomic E-state index is -0.364. The number of hydrogen-bond donors (Lipinski definition) is 2. The van der Waals surface area contributed by atoms with Crippen LogP contribution >= 0.6 is 0 Å². The van der Waals surface area contributed by atoms with Gasteiger partial charge in [-0.05, 0) is 61.7 Å². The molecular formula is C26H25N3O3. The zero-order valence-corrected chi connectivity index (χ0v) is 18.1. The second kappa shape index (κ2) is 9.06. The molecule has 0 saturated heterocycles. The Morgan fingerprint density at radius 1 is 0.938 bits per heavy atom. The molecule has 1 unspecified atom stereocenters. The van der Waals surface area contributed by atoms with Crippen LogP contribution in [0.1, 0.15) is 45.7 Å². The second-order valence-electron chi connectivity index (χ2n) is 8.00. The first-order chi connectivity index (χ1) is 15.4. The average Bonchev–Trinajstić information content (AvgIpc) is 3.13. The van der Waals surface area contributed by atoms with Crippen molar-refractivity contribution in [2.24, 2.45) is 0 Å². The van der Waals surface area contributed by atoms with Gasteiger partial charge in [-0.2, -0.15) is 0 Å². The zero-order chi connectivity index (χ0) is 22.7. The predicted octanol–water partition coefficient (Wildman–Crippen LogP) is 4.80. The lowest BCUT2D eigenvalue weighted by molar-refractivity contribution is 0.0979. The number of amides is 3. The van der Waals surface area contributed by atoms with Gasteiger partial charge in [0.15, 0.2) is 5.78 Å². The molecule has 0 radical (unpaired) electrons. The van der Waals surface area contributed by atoms with Crippen LogP contribution in [0.2, 0.25) is 0 Å². The molecule has 4 rings (SSSR count). The quantitative estimate of drug-likeness (QED) is 0.574. The maximum atomic E-state index is 13.1. The normalized spacial score (nSPS) is 14.6. The number of rotatable bonds is 5. The zero-order valence-electron chi connectivity index (χ0n) is 18.1. The van der Waals surface area contributed by atoms with Crippen molar-refractivity contribution in [1.29, 1.82) is 0 Å². The van der Waals surface area contributed by atoms with Crippen LogP contribution in [-0.2, 0) is 13.0 Å². The number of nitrogens with one attached hydrogen (secondary N) is 2. The Morgan fingerprint density at radius 2 is 1.69 bits per heavy atom. The molecule has 0 bridgehead atoms. The number of Topliss-reactive ketones (excluding diaryl/α,β-unsaturated/α-hetero) is 1. The maximum Gasteiger partial charge on any atom is 0.319 e. The molecule has 1 atom stereocenters. The van der Waals surface area contributed by atoms with Crippen molar-refractivity contribution < 1.29 is 14.4 Å². The summed E-state index contributed by atoms with van der Waals surface area (Å²) in [6.07, 6.45) is 0.800. The van der Waals surface area contributed by atoms with E-state index in [0.717, 1.165) is 23.2 Å². The number of carbonyl (C=O) groups is 3. The predicted molar refractivity (Wildman–Crippen MR) is 125 cm³/mol. The van der Waals surface area contributed by atoms with E-state index in [4.69, 9.17) is 0 Å². The Balaban J connectivity index is 1.45. The van der Waals surface area contributed by atoms with E-state index < -0.39 is 0 Å². The number of hydrogen-bond acceptors (Lipinski definition) is 3. The fourth-order valence-corrected chi connectivity index (χ4v) is 3.97. The van der Waals surface area contributed by atoms with Crippen LogP contribution in [0.4, 0.5) is 16.2 Å². The number of fused-ring (bicyclic) bond motifs is 1. The summed E-state index contributed by atoms with van der Waals surface area (Å²) < 4.78 is 0. The molecule has 6 heteroatoms. The fraction of sp³-hybridized carbons (Fsp3) is 0.192. The highest BCUT2D eigenvalue weighted by atomic mass is 16.2. The van der Waals surface area contributed by atoms with Crippen LogP contribution in [-0.4, -0.2) is 23.8 Å².